The lowest BCUT2D eigenvalue weighted by Crippen LogP contribution is -2.62. The summed E-state index contributed by atoms with van der Waals surface area (Å²) in [7, 11) is -4.66. The van der Waals surface area contributed by atoms with Gasteiger partial charge in [-0.15, -0.1) is 0 Å². The predicted molar refractivity (Wildman–Crippen MR) is 238 cm³/mol. The minimum Gasteiger partial charge on any atom is -0.463 e. The summed E-state index contributed by atoms with van der Waals surface area (Å²) in [5, 5.41) is 30.5. The summed E-state index contributed by atoms with van der Waals surface area (Å²) in [5.41, 5.74) is 7.51. The number of azide groups is 1. The molecule has 4 aliphatic heterocycles. The van der Waals surface area contributed by atoms with Gasteiger partial charge in [-0.2, -0.15) is 0 Å². The van der Waals surface area contributed by atoms with Crippen LogP contribution < -0.4 is 16.6 Å². The van der Waals surface area contributed by atoms with E-state index in [0.29, 0.717) is 51.4 Å². The van der Waals surface area contributed by atoms with Crippen LogP contribution in [0.15, 0.2) is 30.9 Å². The third kappa shape index (κ3) is 9.06. The number of H-pyrrole nitrogens is 1. The summed E-state index contributed by atoms with van der Waals surface area (Å²) in [6.45, 7) is 7.78. The topological polar surface area (TPSA) is 302 Å². The van der Waals surface area contributed by atoms with Gasteiger partial charge in [0.2, 0.25) is 0 Å². The van der Waals surface area contributed by atoms with E-state index in [-0.39, 0.29) is 90.1 Å². The van der Waals surface area contributed by atoms with Crippen molar-refractivity contribution in [3.8, 4) is 0 Å². The number of aliphatic imine (C=N–C) groups is 2. The number of carbonyl (C=O) groups is 2. The highest BCUT2D eigenvalue weighted by atomic mass is 31.2. The van der Waals surface area contributed by atoms with Crippen molar-refractivity contribution in [2.75, 3.05) is 13.2 Å². The summed E-state index contributed by atoms with van der Waals surface area (Å²) in [6, 6.07) is -1.43. The zero-order valence-corrected chi connectivity index (χ0v) is 39.3. The molecule has 0 spiro atoms. The molecule has 1 amide bonds. The van der Waals surface area contributed by atoms with E-state index in [9.17, 15) is 44.4 Å². The number of ether oxygens (including phenoxy) is 3. The number of aromatic amines is 1. The Morgan fingerprint density at radius 1 is 1.06 bits per heavy atom. The number of amides is 1. The first-order chi connectivity index (χ1) is 31.9. The first-order valence-corrected chi connectivity index (χ1v) is 25.4. The zero-order valence-electron chi connectivity index (χ0n) is 38.4. The molecule has 4 aliphatic carbocycles. The van der Waals surface area contributed by atoms with Gasteiger partial charge < -0.3 is 39.5 Å². The van der Waals surface area contributed by atoms with E-state index in [1.807, 2.05) is 4.90 Å². The Kier molecular flexibility index (Phi) is 13.4. The lowest BCUT2D eigenvalue weighted by Gasteiger charge is -2.63. The Bertz CT molecular complexity index is 2340. The normalized spacial score (nSPS) is 42.2. The molecule has 6 fully saturated rings. The molecule has 1 aromatic rings. The predicted octanol–water partition coefficient (Wildman–Crippen LogP) is 3.58. The second-order valence-corrected chi connectivity index (χ2v) is 22.2. The zero-order chi connectivity index (χ0) is 47.6. The first kappa shape index (κ1) is 48.1. The molecule has 5 N–H and O–H groups in total. The molecular weight excluding hydrogens is 894 g/mol. The monoisotopic (exact) mass is 957 g/mol. The molecule has 8 aliphatic rings. The number of aromatic nitrogens is 2. The molecule has 9 rings (SSSR count). The van der Waals surface area contributed by atoms with Gasteiger partial charge in [-0.25, -0.2) is 14.4 Å². The number of nitrogens with one attached hydrogen (secondary N) is 2. The van der Waals surface area contributed by atoms with E-state index >= 15 is 0 Å². The van der Waals surface area contributed by atoms with Gasteiger partial charge in [-0.3, -0.25) is 38.0 Å². The number of hydrogen-bond acceptors (Lipinski definition) is 16. The molecule has 2 saturated heterocycles. The standard InChI is InChI=1S/C44H64N9O13P/c1-22(5-10-36(56)62-18-26-6-9-34(64-26)53-21-48-38-39(53)46-20-47-41(38)58)27-7-8-28-37-29(15-33(55)44(27,28)4)43(3)12-11-25(13-24(43)14-31(37)54)66-67(60,61)63-19-32-30(50-51-45)16-35(65-32)52-17-23(2)40(57)49-42(52)59/h17,20-22,24-35,37-39,54-55H,5-16,18-19H2,1-4H3,(H,60,61)(H,46,47,58)(H,49,57,59)/t22-,24+,25-,26+,27-,28+,29+,30-,31-,32+,33+,34-,35+,37+,38?,39?,43+,44-/m1/s1. The third-order valence-corrected chi connectivity index (χ3v) is 18.4. The Morgan fingerprint density at radius 2 is 1.87 bits per heavy atom. The molecule has 19 atom stereocenters. The highest BCUT2D eigenvalue weighted by Crippen LogP contribution is 2.69. The van der Waals surface area contributed by atoms with Crippen LogP contribution in [0.2, 0.25) is 0 Å². The molecule has 368 valence electrons. The van der Waals surface area contributed by atoms with Crippen LogP contribution in [0.4, 0.5) is 0 Å². The number of hydrogen-bond donors (Lipinski definition) is 5. The second-order valence-electron chi connectivity index (χ2n) is 20.8. The van der Waals surface area contributed by atoms with Crippen molar-refractivity contribution in [2.45, 2.75) is 166 Å². The third-order valence-electron chi connectivity index (χ3n) is 17.3. The van der Waals surface area contributed by atoms with E-state index in [0.717, 1.165) is 12.8 Å². The number of rotatable bonds is 14. The average molecular weight is 958 g/mol. The first-order valence-electron chi connectivity index (χ1n) is 23.9. The fourth-order valence-corrected chi connectivity index (χ4v) is 14.7. The van der Waals surface area contributed by atoms with Crippen molar-refractivity contribution in [1.82, 2.24) is 19.8 Å². The van der Waals surface area contributed by atoms with Crippen molar-refractivity contribution in [1.29, 1.82) is 0 Å². The maximum atomic E-state index is 13.4. The van der Waals surface area contributed by atoms with Crippen molar-refractivity contribution in [2.24, 2.45) is 61.4 Å². The number of aliphatic hydroxyl groups is 2. The number of esters is 1. The van der Waals surface area contributed by atoms with Gasteiger partial charge in [-0.1, -0.05) is 25.9 Å². The number of nitrogens with zero attached hydrogens (tertiary/aromatic N) is 7. The van der Waals surface area contributed by atoms with Crippen molar-refractivity contribution >= 4 is 32.4 Å². The largest absolute Gasteiger partial charge is 0.472 e. The summed E-state index contributed by atoms with van der Waals surface area (Å²) >= 11 is 0. The molecule has 3 unspecified atom stereocenters. The molecule has 1 aromatic heterocycles. The number of fused-ring (bicyclic) bond motifs is 6. The fourth-order valence-electron chi connectivity index (χ4n) is 13.8. The van der Waals surface area contributed by atoms with Gasteiger partial charge in [0.15, 0.2) is 12.2 Å². The van der Waals surface area contributed by atoms with Gasteiger partial charge in [-0.05, 0) is 123 Å². The van der Waals surface area contributed by atoms with E-state index in [1.54, 1.807) is 6.34 Å². The molecule has 0 radical (unpaired) electrons. The van der Waals surface area contributed by atoms with Gasteiger partial charge in [0.05, 0.1) is 55.8 Å². The molecule has 4 saturated carbocycles. The van der Waals surface area contributed by atoms with E-state index < -0.39 is 80.0 Å². The Balaban J connectivity index is 0.755. The minimum absolute atomic E-state index is 0.0215. The quantitative estimate of drug-likeness (QED) is 0.0586. The molecule has 0 bridgehead atoms. The Labute approximate surface area is 387 Å². The van der Waals surface area contributed by atoms with Crippen LogP contribution in [0.1, 0.15) is 110 Å². The van der Waals surface area contributed by atoms with Crippen LogP contribution in [-0.2, 0) is 37.4 Å². The number of phosphoric ester groups is 1. The minimum atomic E-state index is -4.66. The average Bonchev–Trinajstić information content (AvgIpc) is 4.10. The smallest absolute Gasteiger partial charge is 0.463 e. The number of aryl methyl sites for hydroxylation is 1. The maximum Gasteiger partial charge on any atom is 0.472 e. The van der Waals surface area contributed by atoms with Crippen LogP contribution >= 0.6 is 7.82 Å². The molecule has 23 heteroatoms. The van der Waals surface area contributed by atoms with Gasteiger partial charge in [0.25, 0.3) is 11.5 Å². The van der Waals surface area contributed by atoms with Gasteiger partial charge >= 0.3 is 19.5 Å². The molecular formula is C44H64N9O13P. The molecule has 0 aromatic carbocycles. The SMILES string of the molecule is Cc1cn([C@@H]2C[C@@H](N=[N+]=[N-])[C@H](COP(=O)(O)O[C@@H]3CC[C@@]4(C)[C@@H](C3)C[C@@H](O)[C@@H]3[C@@H]4C[C@H](O)[C@]4(C)[C@@H]([C@H](C)CCC(=O)OC[C@@H]5CC[C@H](N6C=NC7C(=O)NC=NC76)O5)CC[C@@H]34)O2)c(=O)[nH]c1=O. The van der Waals surface area contributed by atoms with E-state index in [2.05, 4.69) is 51.1 Å². The van der Waals surface area contributed by atoms with Crippen molar-refractivity contribution < 1.29 is 52.5 Å². The van der Waals surface area contributed by atoms with Crippen LogP contribution in [0.3, 0.4) is 0 Å². The molecule has 5 heterocycles. The van der Waals surface area contributed by atoms with Crippen LogP contribution in [0.25, 0.3) is 10.4 Å². The van der Waals surface area contributed by atoms with Gasteiger partial charge in [0.1, 0.15) is 19.1 Å². The highest BCUT2D eigenvalue weighted by Gasteiger charge is 2.66. The van der Waals surface area contributed by atoms with E-state index in [4.69, 9.17) is 23.3 Å². The Morgan fingerprint density at radius 3 is 2.66 bits per heavy atom. The number of phosphoric acid groups is 1. The van der Waals surface area contributed by atoms with Crippen LogP contribution in [-0.4, -0.2) is 122 Å². The van der Waals surface area contributed by atoms with Crippen molar-refractivity contribution in [3.63, 3.8) is 0 Å². The number of carbonyl (C=O) groups excluding carboxylic acids is 2. The van der Waals surface area contributed by atoms with Crippen LogP contribution in [0, 0.1) is 53.3 Å². The summed E-state index contributed by atoms with van der Waals surface area (Å²) < 4.78 is 43.6. The van der Waals surface area contributed by atoms with Gasteiger partial charge in [0, 0.05) is 29.5 Å². The van der Waals surface area contributed by atoms with Crippen LogP contribution in [0.5, 0.6) is 0 Å². The molecule has 67 heavy (non-hydrogen) atoms. The summed E-state index contributed by atoms with van der Waals surface area (Å²) in [5.74, 6) is -0.160. The summed E-state index contributed by atoms with van der Waals surface area (Å²) in [6.07, 6.45) is 6.22. The highest BCUT2D eigenvalue weighted by molar-refractivity contribution is 7.47. The number of aliphatic hydroxyl groups excluding tert-OH is 2. The lowest BCUT2D eigenvalue weighted by atomic mass is 9.43. The Hall–Kier alpha value is -3.98. The lowest BCUT2D eigenvalue weighted by molar-refractivity contribution is -0.206. The summed E-state index contributed by atoms with van der Waals surface area (Å²) in [4.78, 5) is 76.1. The molecule has 22 nitrogen and oxygen atoms in total. The maximum absolute atomic E-state index is 13.4. The van der Waals surface area contributed by atoms with E-state index in [1.165, 1.54) is 24.0 Å². The second kappa shape index (κ2) is 18.7. The van der Waals surface area contributed by atoms with Crippen molar-refractivity contribution in [3.05, 3.63) is 43.0 Å². The fraction of sp³-hybridized carbons (Fsp3) is 0.818.